The van der Waals surface area contributed by atoms with Crippen molar-refractivity contribution in [2.24, 2.45) is 0 Å². The third-order valence-electron chi connectivity index (χ3n) is 1.05. The molecule has 53 valence electrons. The van der Waals surface area contributed by atoms with Gasteiger partial charge in [0.2, 0.25) is 0 Å². The van der Waals surface area contributed by atoms with Gasteiger partial charge in [-0.3, -0.25) is 0 Å². The lowest BCUT2D eigenvalue weighted by atomic mass is 10.2. The quantitative estimate of drug-likeness (QED) is 0.573. The first kappa shape index (κ1) is 8.27. The molecule has 0 saturated carbocycles. The fourth-order valence-electron chi connectivity index (χ4n) is 0.565. The Bertz CT molecular complexity index is 83.1. The molecule has 0 aromatic carbocycles. The lowest BCUT2D eigenvalue weighted by molar-refractivity contribution is 0.168. The summed E-state index contributed by atoms with van der Waals surface area (Å²) in [5.74, 6) is 0. The van der Waals surface area contributed by atoms with Gasteiger partial charge in [-0.15, -0.1) is 0 Å². The largest absolute Gasteiger partial charge is 0.450 e. The number of carbonyl (C=O) groups is 1. The molecule has 0 spiro atoms. The molecule has 0 aliphatic heterocycles. The van der Waals surface area contributed by atoms with Crippen molar-refractivity contribution in [3.05, 3.63) is 0 Å². The molecule has 1 N–H and O–H groups in total. The Morgan fingerprint density at radius 3 is 2.56 bits per heavy atom. The van der Waals surface area contributed by atoms with Crippen LogP contribution in [0.1, 0.15) is 26.2 Å². The average molecular weight is 130 g/mol. The summed E-state index contributed by atoms with van der Waals surface area (Å²) in [5, 5.41) is 11.9. The summed E-state index contributed by atoms with van der Waals surface area (Å²) in [6, 6.07) is 0. The molecule has 9 heavy (non-hydrogen) atoms. The Hall–Kier alpha value is -0.730. The third-order valence-corrected chi connectivity index (χ3v) is 1.05. The van der Waals surface area contributed by atoms with Gasteiger partial charge in [-0.05, 0) is 6.42 Å². The molecule has 3 heteroatoms. The fraction of sp³-hybridized carbons (Fsp3) is 0.833. The summed E-state index contributed by atoms with van der Waals surface area (Å²) in [5.41, 5.74) is 0. The highest BCUT2D eigenvalue weighted by molar-refractivity contribution is 5.63. The zero-order valence-corrected chi connectivity index (χ0v) is 5.64. The Balaban J connectivity index is 2.83. The molecular weight excluding hydrogens is 118 g/mol. The van der Waals surface area contributed by atoms with E-state index in [1.807, 2.05) is 0 Å². The molecule has 0 unspecified atom stereocenters. The highest BCUT2D eigenvalue weighted by atomic mass is 16.4. The standard InChI is InChI=1S/C6H12NO2/c1-2-3-4-5-7-6(8)9/h7H,2-5H2,1H3. The SMILES string of the molecule is CCCCCNC([O])=O. The molecule has 0 atom stereocenters. The molecule has 0 aliphatic rings. The van der Waals surface area contributed by atoms with Crippen molar-refractivity contribution in [3.63, 3.8) is 0 Å². The Labute approximate surface area is 55.1 Å². The van der Waals surface area contributed by atoms with E-state index in [2.05, 4.69) is 12.2 Å². The summed E-state index contributed by atoms with van der Waals surface area (Å²) in [4.78, 5) is 9.74. The van der Waals surface area contributed by atoms with E-state index in [9.17, 15) is 9.90 Å². The second kappa shape index (κ2) is 5.41. The first-order valence-electron chi connectivity index (χ1n) is 3.22. The minimum absolute atomic E-state index is 0.524. The predicted molar refractivity (Wildman–Crippen MR) is 33.6 cm³/mol. The van der Waals surface area contributed by atoms with E-state index in [0.717, 1.165) is 19.3 Å². The number of carbonyl (C=O) groups excluding carboxylic acids is 1. The van der Waals surface area contributed by atoms with Crippen molar-refractivity contribution >= 4 is 6.09 Å². The van der Waals surface area contributed by atoms with Crippen molar-refractivity contribution < 1.29 is 9.90 Å². The van der Waals surface area contributed by atoms with E-state index in [1.165, 1.54) is 0 Å². The Morgan fingerprint density at radius 2 is 2.11 bits per heavy atom. The highest BCUT2D eigenvalue weighted by Crippen LogP contribution is 1.90. The normalized spacial score (nSPS) is 9.00. The van der Waals surface area contributed by atoms with Crippen LogP contribution in [0.2, 0.25) is 0 Å². The van der Waals surface area contributed by atoms with Crippen molar-refractivity contribution in [3.8, 4) is 0 Å². The summed E-state index contributed by atoms with van der Waals surface area (Å²) in [6.45, 7) is 2.59. The maximum absolute atomic E-state index is 9.74. The van der Waals surface area contributed by atoms with E-state index in [0.29, 0.717) is 6.54 Å². The molecule has 1 radical (unpaired) electrons. The molecule has 0 aromatic heterocycles. The minimum atomic E-state index is -1.17. The van der Waals surface area contributed by atoms with Gasteiger partial charge in [-0.25, -0.2) is 9.90 Å². The van der Waals surface area contributed by atoms with Gasteiger partial charge in [-0.2, -0.15) is 0 Å². The first-order valence-corrected chi connectivity index (χ1v) is 3.22. The topological polar surface area (TPSA) is 49.0 Å². The predicted octanol–water partition coefficient (Wildman–Crippen LogP) is 1.32. The zero-order valence-electron chi connectivity index (χ0n) is 5.64. The number of hydrogen-bond acceptors (Lipinski definition) is 1. The van der Waals surface area contributed by atoms with E-state index in [1.54, 1.807) is 0 Å². The van der Waals surface area contributed by atoms with Crippen LogP contribution < -0.4 is 5.32 Å². The van der Waals surface area contributed by atoms with Crippen LogP contribution in [-0.4, -0.2) is 12.6 Å². The van der Waals surface area contributed by atoms with Gasteiger partial charge >= 0.3 is 6.09 Å². The van der Waals surface area contributed by atoms with Gasteiger partial charge in [0.15, 0.2) is 0 Å². The highest BCUT2D eigenvalue weighted by Gasteiger charge is 1.93. The molecule has 0 bridgehead atoms. The zero-order chi connectivity index (χ0) is 7.11. The molecule has 0 aromatic rings. The van der Waals surface area contributed by atoms with Crippen LogP contribution in [0.3, 0.4) is 0 Å². The summed E-state index contributed by atoms with van der Waals surface area (Å²) in [6.07, 6.45) is 1.91. The van der Waals surface area contributed by atoms with Crippen LogP contribution >= 0.6 is 0 Å². The van der Waals surface area contributed by atoms with Gasteiger partial charge in [0.1, 0.15) is 0 Å². The van der Waals surface area contributed by atoms with Crippen LogP contribution in [0, 0.1) is 0 Å². The van der Waals surface area contributed by atoms with Crippen LogP contribution in [0.25, 0.3) is 0 Å². The van der Waals surface area contributed by atoms with Gasteiger partial charge in [0.05, 0.1) is 0 Å². The summed E-state index contributed by atoms with van der Waals surface area (Å²) >= 11 is 0. The van der Waals surface area contributed by atoms with Crippen molar-refractivity contribution in [2.75, 3.05) is 6.54 Å². The lowest BCUT2D eigenvalue weighted by Gasteiger charge is -1.95. The number of rotatable bonds is 4. The first-order chi connectivity index (χ1) is 4.27. The molecule has 1 amide bonds. The molecule has 0 saturated heterocycles. The average Bonchev–Trinajstić information content (AvgIpc) is 1.80. The summed E-state index contributed by atoms with van der Waals surface area (Å²) in [7, 11) is 0. The van der Waals surface area contributed by atoms with E-state index < -0.39 is 6.09 Å². The lowest BCUT2D eigenvalue weighted by Crippen LogP contribution is -2.20. The van der Waals surface area contributed by atoms with Crippen LogP contribution in [-0.2, 0) is 5.11 Å². The van der Waals surface area contributed by atoms with E-state index >= 15 is 0 Å². The number of nitrogens with one attached hydrogen (secondary N) is 1. The van der Waals surface area contributed by atoms with Gasteiger partial charge < -0.3 is 5.32 Å². The van der Waals surface area contributed by atoms with Gasteiger partial charge in [0.25, 0.3) is 0 Å². The van der Waals surface area contributed by atoms with Crippen LogP contribution in [0.15, 0.2) is 0 Å². The molecule has 0 rings (SSSR count). The monoisotopic (exact) mass is 130 g/mol. The molecule has 3 nitrogen and oxygen atoms in total. The number of amides is 1. The van der Waals surface area contributed by atoms with E-state index in [-0.39, 0.29) is 0 Å². The maximum atomic E-state index is 9.74. The molecule has 0 aliphatic carbocycles. The number of hydrogen-bond donors (Lipinski definition) is 1. The third kappa shape index (κ3) is 7.27. The van der Waals surface area contributed by atoms with Crippen LogP contribution in [0.4, 0.5) is 4.79 Å². The number of unbranched alkanes of at least 4 members (excludes halogenated alkanes) is 2. The minimum Gasteiger partial charge on any atom is -0.318 e. The van der Waals surface area contributed by atoms with Gasteiger partial charge in [-0.1, -0.05) is 19.8 Å². The fourth-order valence-corrected chi connectivity index (χ4v) is 0.565. The van der Waals surface area contributed by atoms with Crippen LogP contribution in [0.5, 0.6) is 0 Å². The van der Waals surface area contributed by atoms with Crippen molar-refractivity contribution in [1.29, 1.82) is 0 Å². The molecular formula is C6H12NO2. The van der Waals surface area contributed by atoms with E-state index in [4.69, 9.17) is 0 Å². The molecule has 0 fully saturated rings. The smallest absolute Gasteiger partial charge is 0.318 e. The van der Waals surface area contributed by atoms with Gasteiger partial charge in [0, 0.05) is 6.54 Å². The second-order valence-corrected chi connectivity index (χ2v) is 1.92. The summed E-state index contributed by atoms with van der Waals surface area (Å²) < 4.78 is 0. The van der Waals surface area contributed by atoms with Crippen molar-refractivity contribution in [1.82, 2.24) is 5.32 Å². The second-order valence-electron chi connectivity index (χ2n) is 1.92. The Kier molecular flexibility index (Phi) is 4.97. The molecule has 0 heterocycles. The Morgan fingerprint density at radius 1 is 1.44 bits per heavy atom. The maximum Gasteiger partial charge on any atom is 0.450 e. The van der Waals surface area contributed by atoms with Crippen molar-refractivity contribution in [2.45, 2.75) is 26.2 Å².